The predicted molar refractivity (Wildman–Crippen MR) is 77.4 cm³/mol. The van der Waals surface area contributed by atoms with Gasteiger partial charge in [-0.15, -0.1) is 0 Å². The summed E-state index contributed by atoms with van der Waals surface area (Å²) >= 11 is 0. The Bertz CT molecular complexity index is 376. The molecule has 1 aromatic rings. The lowest BCUT2D eigenvalue weighted by Gasteiger charge is -2.33. The second kappa shape index (κ2) is 6.51. The minimum atomic E-state index is -0.214. The van der Waals surface area contributed by atoms with Crippen LogP contribution in [-0.4, -0.2) is 49.5 Å². The number of ether oxygens (including phenoxy) is 1. The smallest absolute Gasteiger partial charge is 0.0702 e. The Balaban J connectivity index is 1.97. The molecule has 3 nitrogen and oxygen atoms in total. The van der Waals surface area contributed by atoms with Crippen molar-refractivity contribution in [1.82, 2.24) is 4.90 Å². The molecule has 19 heavy (non-hydrogen) atoms. The van der Waals surface area contributed by atoms with Crippen LogP contribution >= 0.6 is 0 Å². The summed E-state index contributed by atoms with van der Waals surface area (Å²) in [6.07, 6.45) is 2.70. The van der Waals surface area contributed by atoms with Crippen LogP contribution < -0.4 is 0 Å². The SMILES string of the molecule is CN(CC1CCCO1)CC(C)(CO)c1ccccc1. The van der Waals surface area contributed by atoms with Gasteiger partial charge in [0.2, 0.25) is 0 Å². The Morgan fingerprint density at radius 3 is 2.68 bits per heavy atom. The van der Waals surface area contributed by atoms with Gasteiger partial charge in [0.15, 0.2) is 0 Å². The van der Waals surface area contributed by atoms with E-state index in [1.54, 1.807) is 0 Å². The highest BCUT2D eigenvalue weighted by molar-refractivity contribution is 5.25. The van der Waals surface area contributed by atoms with Gasteiger partial charge >= 0.3 is 0 Å². The fourth-order valence-electron chi connectivity index (χ4n) is 2.87. The first kappa shape index (κ1) is 14.5. The Hall–Kier alpha value is -0.900. The van der Waals surface area contributed by atoms with E-state index in [1.807, 2.05) is 18.2 Å². The first-order valence-corrected chi connectivity index (χ1v) is 7.10. The minimum absolute atomic E-state index is 0.160. The van der Waals surface area contributed by atoms with E-state index in [4.69, 9.17) is 4.74 Å². The Labute approximate surface area is 116 Å². The van der Waals surface area contributed by atoms with Crippen LogP contribution in [0.5, 0.6) is 0 Å². The van der Waals surface area contributed by atoms with E-state index in [2.05, 4.69) is 31.0 Å². The fraction of sp³-hybridized carbons (Fsp3) is 0.625. The molecule has 1 aromatic carbocycles. The second-order valence-electron chi connectivity index (χ2n) is 5.92. The number of aliphatic hydroxyl groups excluding tert-OH is 1. The van der Waals surface area contributed by atoms with Crippen molar-refractivity contribution in [2.24, 2.45) is 0 Å². The van der Waals surface area contributed by atoms with E-state index in [-0.39, 0.29) is 12.0 Å². The number of rotatable bonds is 6. The zero-order chi connectivity index (χ0) is 13.7. The molecule has 0 aromatic heterocycles. The van der Waals surface area contributed by atoms with Crippen molar-refractivity contribution in [2.45, 2.75) is 31.3 Å². The van der Waals surface area contributed by atoms with Crippen molar-refractivity contribution in [3.63, 3.8) is 0 Å². The summed E-state index contributed by atoms with van der Waals surface area (Å²) in [5, 5.41) is 9.79. The van der Waals surface area contributed by atoms with Gasteiger partial charge in [-0.3, -0.25) is 0 Å². The molecule has 1 saturated heterocycles. The van der Waals surface area contributed by atoms with Gasteiger partial charge in [-0.2, -0.15) is 0 Å². The van der Waals surface area contributed by atoms with Crippen molar-refractivity contribution in [2.75, 3.05) is 33.4 Å². The molecule has 2 atom stereocenters. The number of nitrogens with zero attached hydrogens (tertiary/aromatic N) is 1. The quantitative estimate of drug-likeness (QED) is 0.852. The summed E-state index contributed by atoms with van der Waals surface area (Å²) in [5.41, 5.74) is 0.978. The standard InChI is InChI=1S/C16H25NO2/c1-16(13-18,14-7-4-3-5-8-14)12-17(2)11-15-9-6-10-19-15/h3-5,7-8,15,18H,6,9-13H2,1-2H3. The monoisotopic (exact) mass is 263 g/mol. The largest absolute Gasteiger partial charge is 0.395 e. The summed E-state index contributed by atoms with van der Waals surface area (Å²) in [4.78, 5) is 2.28. The average Bonchev–Trinajstić information content (AvgIpc) is 2.92. The predicted octanol–water partition coefficient (Wildman–Crippen LogP) is 2.05. The maximum atomic E-state index is 9.79. The van der Waals surface area contributed by atoms with Crippen LogP contribution in [0.15, 0.2) is 30.3 Å². The van der Waals surface area contributed by atoms with Crippen LogP contribution in [0, 0.1) is 0 Å². The lowest BCUT2D eigenvalue weighted by Crippen LogP contribution is -2.42. The lowest BCUT2D eigenvalue weighted by molar-refractivity contribution is 0.0682. The fourth-order valence-corrected chi connectivity index (χ4v) is 2.87. The van der Waals surface area contributed by atoms with Gasteiger partial charge in [0.25, 0.3) is 0 Å². The van der Waals surface area contributed by atoms with E-state index in [9.17, 15) is 5.11 Å². The Morgan fingerprint density at radius 2 is 2.11 bits per heavy atom. The van der Waals surface area contributed by atoms with Gasteiger partial charge in [-0.05, 0) is 25.5 Å². The summed E-state index contributed by atoms with van der Waals surface area (Å²) in [7, 11) is 2.11. The molecular weight excluding hydrogens is 238 g/mol. The molecule has 106 valence electrons. The molecule has 0 aliphatic carbocycles. The molecule has 1 aliphatic heterocycles. The van der Waals surface area contributed by atoms with Crippen molar-refractivity contribution in [3.8, 4) is 0 Å². The summed E-state index contributed by atoms with van der Waals surface area (Å²) in [6, 6.07) is 10.3. The molecule has 3 heteroatoms. The van der Waals surface area contributed by atoms with Crippen molar-refractivity contribution in [1.29, 1.82) is 0 Å². The zero-order valence-corrected chi connectivity index (χ0v) is 12.0. The van der Waals surface area contributed by atoms with Gasteiger partial charge < -0.3 is 14.7 Å². The third kappa shape index (κ3) is 3.78. The number of benzene rings is 1. The van der Waals surface area contributed by atoms with Gasteiger partial charge in [-0.25, -0.2) is 0 Å². The molecule has 2 rings (SSSR count). The number of hydrogen-bond donors (Lipinski definition) is 1. The van der Waals surface area contributed by atoms with Crippen LogP contribution in [0.25, 0.3) is 0 Å². The van der Waals surface area contributed by atoms with E-state index < -0.39 is 0 Å². The third-order valence-electron chi connectivity index (χ3n) is 3.98. The normalized spacial score (nSPS) is 22.6. The topological polar surface area (TPSA) is 32.7 Å². The van der Waals surface area contributed by atoms with Crippen molar-refractivity contribution in [3.05, 3.63) is 35.9 Å². The van der Waals surface area contributed by atoms with Gasteiger partial charge in [-0.1, -0.05) is 37.3 Å². The summed E-state index contributed by atoms with van der Waals surface area (Å²) in [5.74, 6) is 0. The molecule has 0 radical (unpaired) electrons. The second-order valence-corrected chi connectivity index (χ2v) is 5.92. The van der Waals surface area contributed by atoms with E-state index in [0.717, 1.165) is 26.1 Å². The number of aliphatic hydroxyl groups is 1. The van der Waals surface area contributed by atoms with Crippen LogP contribution in [0.2, 0.25) is 0 Å². The first-order chi connectivity index (χ1) is 9.14. The number of likely N-dealkylation sites (N-methyl/N-ethyl adjacent to an activating group) is 1. The summed E-state index contributed by atoms with van der Waals surface area (Å²) < 4.78 is 5.67. The highest BCUT2D eigenvalue weighted by Crippen LogP contribution is 2.24. The molecule has 0 saturated carbocycles. The van der Waals surface area contributed by atoms with E-state index in [0.29, 0.717) is 6.10 Å². The third-order valence-corrected chi connectivity index (χ3v) is 3.98. The highest BCUT2D eigenvalue weighted by atomic mass is 16.5. The van der Waals surface area contributed by atoms with Crippen LogP contribution in [0.4, 0.5) is 0 Å². The molecule has 1 fully saturated rings. The molecule has 1 heterocycles. The molecule has 0 bridgehead atoms. The van der Waals surface area contributed by atoms with Crippen molar-refractivity contribution >= 4 is 0 Å². The lowest BCUT2D eigenvalue weighted by atomic mass is 9.83. The maximum absolute atomic E-state index is 9.79. The van der Waals surface area contributed by atoms with Crippen LogP contribution in [-0.2, 0) is 10.2 Å². The molecule has 2 unspecified atom stereocenters. The van der Waals surface area contributed by atoms with Crippen LogP contribution in [0.3, 0.4) is 0 Å². The molecule has 1 N–H and O–H groups in total. The van der Waals surface area contributed by atoms with E-state index >= 15 is 0 Å². The van der Waals surface area contributed by atoms with Gasteiger partial charge in [0, 0.05) is 25.1 Å². The summed E-state index contributed by atoms with van der Waals surface area (Å²) in [6.45, 7) is 4.96. The molecular formula is C16H25NO2. The van der Waals surface area contributed by atoms with Crippen LogP contribution in [0.1, 0.15) is 25.3 Å². The van der Waals surface area contributed by atoms with Gasteiger partial charge in [0.1, 0.15) is 0 Å². The zero-order valence-electron chi connectivity index (χ0n) is 12.0. The number of hydrogen-bond acceptors (Lipinski definition) is 3. The van der Waals surface area contributed by atoms with Gasteiger partial charge in [0.05, 0.1) is 12.7 Å². The minimum Gasteiger partial charge on any atom is -0.395 e. The van der Waals surface area contributed by atoms with Crippen molar-refractivity contribution < 1.29 is 9.84 Å². The Morgan fingerprint density at radius 1 is 1.37 bits per heavy atom. The first-order valence-electron chi connectivity index (χ1n) is 7.10. The van der Waals surface area contributed by atoms with E-state index in [1.165, 1.54) is 12.0 Å². The molecule has 0 amide bonds. The Kier molecular flexibility index (Phi) is 4.97. The highest BCUT2D eigenvalue weighted by Gasteiger charge is 2.28. The molecule has 0 spiro atoms. The maximum Gasteiger partial charge on any atom is 0.0702 e. The molecule has 1 aliphatic rings. The average molecular weight is 263 g/mol.